The fraction of sp³-hybridized carbons (Fsp3) is 0.333. The number of halogens is 1. The minimum absolute atomic E-state index is 0.175. The van der Waals surface area contributed by atoms with Gasteiger partial charge in [0.05, 0.1) is 23.9 Å². The number of aryl methyl sites for hydroxylation is 1. The molecule has 1 aliphatic rings. The van der Waals surface area contributed by atoms with Crippen molar-refractivity contribution in [3.05, 3.63) is 52.1 Å². The molecule has 0 radical (unpaired) electrons. The van der Waals surface area contributed by atoms with E-state index in [1.807, 2.05) is 24.3 Å². The van der Waals surface area contributed by atoms with E-state index in [2.05, 4.69) is 15.5 Å². The van der Waals surface area contributed by atoms with Crippen LogP contribution in [0.3, 0.4) is 0 Å². The quantitative estimate of drug-likeness (QED) is 0.609. The molecule has 4 rings (SSSR count). The van der Waals surface area contributed by atoms with Crippen molar-refractivity contribution in [2.24, 2.45) is 7.05 Å². The number of nitrogens with one attached hydrogen (secondary N) is 2. The van der Waals surface area contributed by atoms with Crippen LogP contribution in [-0.2, 0) is 11.8 Å². The highest BCUT2D eigenvalue weighted by molar-refractivity contribution is 7.21. The van der Waals surface area contributed by atoms with Gasteiger partial charge in [0.15, 0.2) is 0 Å². The summed E-state index contributed by atoms with van der Waals surface area (Å²) < 4.78 is 7.99. The summed E-state index contributed by atoms with van der Waals surface area (Å²) in [7, 11) is 1.78. The predicted molar refractivity (Wildman–Crippen MR) is 120 cm³/mol. The minimum atomic E-state index is -0.286. The number of carbonyl (C=O) groups excluding carboxylic acids is 2. The molecule has 30 heavy (non-hydrogen) atoms. The number of aromatic nitrogens is 1. The van der Waals surface area contributed by atoms with E-state index < -0.39 is 0 Å². The number of nitrogens with zero attached hydrogens (tertiary/aromatic N) is 2. The van der Waals surface area contributed by atoms with Crippen LogP contribution in [0.5, 0.6) is 0 Å². The van der Waals surface area contributed by atoms with Gasteiger partial charge < -0.3 is 19.9 Å². The Bertz CT molecular complexity index is 1070. The zero-order valence-corrected chi connectivity index (χ0v) is 18.2. The molecule has 0 bridgehead atoms. The highest BCUT2D eigenvalue weighted by atomic mass is 35.5. The number of benzene rings is 1. The van der Waals surface area contributed by atoms with E-state index in [0.29, 0.717) is 27.8 Å². The third-order valence-electron chi connectivity index (χ3n) is 5.05. The smallest absolute Gasteiger partial charge is 0.268 e. The van der Waals surface area contributed by atoms with Crippen molar-refractivity contribution < 1.29 is 14.3 Å². The first-order valence-electron chi connectivity index (χ1n) is 9.76. The number of hydrogen-bond acceptors (Lipinski definition) is 5. The lowest BCUT2D eigenvalue weighted by Gasteiger charge is -2.26. The van der Waals surface area contributed by atoms with Crippen molar-refractivity contribution in [2.45, 2.75) is 0 Å². The number of hydrogen-bond donors (Lipinski definition) is 2. The van der Waals surface area contributed by atoms with Crippen LogP contribution < -0.4 is 10.6 Å². The maximum atomic E-state index is 12.7. The van der Waals surface area contributed by atoms with E-state index in [4.69, 9.17) is 16.3 Å². The number of ether oxygens (including phenoxy) is 1. The minimum Gasteiger partial charge on any atom is -0.379 e. The third kappa shape index (κ3) is 4.52. The molecule has 7 nitrogen and oxygen atoms in total. The lowest BCUT2D eigenvalue weighted by molar-refractivity contribution is 0.0383. The van der Waals surface area contributed by atoms with Crippen molar-refractivity contribution in [1.82, 2.24) is 14.8 Å². The van der Waals surface area contributed by atoms with Crippen molar-refractivity contribution in [3.63, 3.8) is 0 Å². The van der Waals surface area contributed by atoms with Gasteiger partial charge in [0.2, 0.25) is 0 Å². The van der Waals surface area contributed by atoms with E-state index in [1.54, 1.807) is 23.9 Å². The molecule has 1 aliphatic heterocycles. The van der Waals surface area contributed by atoms with Crippen molar-refractivity contribution in [2.75, 3.05) is 44.7 Å². The highest BCUT2D eigenvalue weighted by Crippen LogP contribution is 2.35. The first kappa shape index (κ1) is 20.9. The number of carbonyl (C=O) groups is 2. The second kappa shape index (κ2) is 9.18. The Morgan fingerprint density at radius 1 is 1.20 bits per heavy atom. The van der Waals surface area contributed by atoms with Crippen LogP contribution in [-0.4, -0.2) is 60.7 Å². The van der Waals surface area contributed by atoms with Crippen LogP contribution >= 0.6 is 22.9 Å². The van der Waals surface area contributed by atoms with Crippen LogP contribution in [0.25, 0.3) is 10.1 Å². The zero-order valence-electron chi connectivity index (χ0n) is 16.6. The number of fused-ring (bicyclic) bond motifs is 1. The molecule has 0 atom stereocenters. The molecule has 0 saturated carbocycles. The van der Waals surface area contributed by atoms with Crippen molar-refractivity contribution in [3.8, 4) is 0 Å². The molecule has 158 valence electrons. The van der Waals surface area contributed by atoms with Crippen LogP contribution in [0, 0.1) is 0 Å². The van der Waals surface area contributed by atoms with Gasteiger partial charge in [-0.15, -0.1) is 11.3 Å². The number of thiophene rings is 1. The van der Waals surface area contributed by atoms with E-state index in [9.17, 15) is 9.59 Å². The van der Waals surface area contributed by atoms with Gasteiger partial charge in [0, 0.05) is 49.5 Å². The van der Waals surface area contributed by atoms with Crippen LogP contribution in [0.1, 0.15) is 20.2 Å². The van der Waals surface area contributed by atoms with Gasteiger partial charge in [0.1, 0.15) is 10.6 Å². The number of rotatable bonds is 6. The molecule has 1 saturated heterocycles. The van der Waals surface area contributed by atoms with E-state index >= 15 is 0 Å². The van der Waals surface area contributed by atoms with Gasteiger partial charge in [-0.25, -0.2) is 0 Å². The predicted octanol–water partition coefficient (Wildman–Crippen LogP) is 3.21. The molecule has 1 fully saturated rings. The Labute approximate surface area is 183 Å². The highest BCUT2D eigenvalue weighted by Gasteiger charge is 2.19. The molecule has 0 aliphatic carbocycles. The fourth-order valence-corrected chi connectivity index (χ4v) is 4.86. The van der Waals surface area contributed by atoms with Gasteiger partial charge >= 0.3 is 0 Å². The maximum Gasteiger partial charge on any atom is 0.268 e. The Morgan fingerprint density at radius 2 is 1.97 bits per heavy atom. The van der Waals surface area contributed by atoms with E-state index in [1.165, 1.54) is 11.3 Å². The molecular weight excluding hydrogens is 424 g/mol. The lowest BCUT2D eigenvalue weighted by atomic mass is 10.2. The second-order valence-electron chi connectivity index (χ2n) is 7.13. The lowest BCUT2D eigenvalue weighted by Crippen LogP contribution is -2.41. The monoisotopic (exact) mass is 446 g/mol. The summed E-state index contributed by atoms with van der Waals surface area (Å²) in [6.07, 6.45) is 1.72. The Kier molecular flexibility index (Phi) is 6.38. The number of anilines is 1. The van der Waals surface area contributed by atoms with Crippen LogP contribution in [0.2, 0.25) is 5.02 Å². The third-order valence-corrected chi connectivity index (χ3v) is 6.73. The summed E-state index contributed by atoms with van der Waals surface area (Å²) in [5.74, 6) is -0.461. The van der Waals surface area contributed by atoms with Crippen LogP contribution in [0.4, 0.5) is 5.69 Å². The molecule has 3 heterocycles. The summed E-state index contributed by atoms with van der Waals surface area (Å²) in [4.78, 5) is 28.0. The van der Waals surface area contributed by atoms with Crippen molar-refractivity contribution in [1.29, 1.82) is 0 Å². The summed E-state index contributed by atoms with van der Waals surface area (Å²) in [6.45, 7) is 4.58. The molecule has 0 unspecified atom stereocenters. The number of morpholine rings is 1. The first-order valence-corrected chi connectivity index (χ1v) is 11.0. The number of amides is 2. The molecule has 9 heteroatoms. The SMILES string of the molecule is Cn1cc(NC(=O)c2sc3ccccc3c2Cl)cc1C(=O)NCCN1CCOCC1. The standard InChI is InChI=1S/C21H23ClN4O3S/c1-25-13-14(12-16(25)20(27)23-6-7-26-8-10-29-11-9-26)24-21(28)19-18(22)15-4-2-3-5-17(15)30-19/h2-5,12-13H,6-11H2,1H3,(H,23,27)(H,24,28). The Balaban J connectivity index is 1.38. The molecule has 1 aromatic carbocycles. The van der Waals surface area contributed by atoms with E-state index in [-0.39, 0.29) is 11.8 Å². The summed E-state index contributed by atoms with van der Waals surface area (Å²) in [6, 6.07) is 9.31. The second-order valence-corrected chi connectivity index (χ2v) is 8.56. The zero-order chi connectivity index (χ0) is 21.1. The van der Waals surface area contributed by atoms with Crippen LogP contribution in [0.15, 0.2) is 36.5 Å². The van der Waals surface area contributed by atoms with Gasteiger partial charge in [-0.05, 0) is 12.1 Å². The topological polar surface area (TPSA) is 75.6 Å². The maximum absolute atomic E-state index is 12.7. The summed E-state index contributed by atoms with van der Waals surface area (Å²) in [5, 5.41) is 7.10. The molecule has 0 spiro atoms. The molecule has 2 aromatic heterocycles. The Hall–Kier alpha value is -2.39. The first-order chi connectivity index (χ1) is 14.5. The Morgan fingerprint density at radius 3 is 2.73 bits per heavy atom. The molecule has 3 aromatic rings. The average molecular weight is 447 g/mol. The van der Waals surface area contributed by atoms with Gasteiger partial charge in [-0.1, -0.05) is 29.8 Å². The summed E-state index contributed by atoms with van der Waals surface area (Å²) in [5.41, 5.74) is 1.03. The molecular formula is C21H23ClN4O3S. The molecule has 2 N–H and O–H groups in total. The molecule has 2 amide bonds. The van der Waals surface area contributed by atoms with Gasteiger partial charge in [-0.2, -0.15) is 0 Å². The van der Waals surface area contributed by atoms with E-state index in [0.717, 1.165) is 42.9 Å². The van der Waals surface area contributed by atoms with Crippen molar-refractivity contribution >= 4 is 50.5 Å². The van der Waals surface area contributed by atoms with Gasteiger partial charge in [0.25, 0.3) is 11.8 Å². The van der Waals surface area contributed by atoms with Gasteiger partial charge in [-0.3, -0.25) is 14.5 Å². The normalized spacial score (nSPS) is 14.7. The fourth-order valence-electron chi connectivity index (χ4n) is 3.45. The largest absolute Gasteiger partial charge is 0.379 e. The summed E-state index contributed by atoms with van der Waals surface area (Å²) >= 11 is 7.74. The average Bonchev–Trinajstić information content (AvgIpc) is 3.28.